The molecule has 2 aliphatic heterocycles. The summed E-state index contributed by atoms with van der Waals surface area (Å²) in [5.41, 5.74) is 2.45. The second-order valence-electron chi connectivity index (χ2n) is 9.58. The van der Waals surface area contributed by atoms with Crippen LogP contribution in [0.2, 0.25) is 0 Å². The number of ether oxygens (including phenoxy) is 2. The quantitative estimate of drug-likeness (QED) is 0.549. The van der Waals surface area contributed by atoms with E-state index in [2.05, 4.69) is 15.1 Å². The summed E-state index contributed by atoms with van der Waals surface area (Å²) in [6.45, 7) is 6.24. The van der Waals surface area contributed by atoms with Crippen LogP contribution in [0.1, 0.15) is 30.1 Å². The van der Waals surface area contributed by atoms with Gasteiger partial charge in [0.25, 0.3) is 0 Å². The van der Waals surface area contributed by atoms with Crippen LogP contribution < -0.4 is 19.7 Å². The molecule has 0 radical (unpaired) electrons. The van der Waals surface area contributed by atoms with E-state index in [1.807, 2.05) is 29.2 Å². The van der Waals surface area contributed by atoms with Gasteiger partial charge in [0.15, 0.2) is 17.3 Å². The third-order valence-electron chi connectivity index (χ3n) is 7.20. The van der Waals surface area contributed by atoms with Crippen LogP contribution in [0.5, 0.6) is 11.5 Å². The Morgan fingerprint density at radius 3 is 2.11 bits per heavy atom. The number of methoxy groups -OCH3 is 2. The smallest absolute Gasteiger partial charge is 0.238 e. The number of carbonyl (C=O) groups excluding carboxylic acids is 3. The number of likely N-dealkylation sites (tertiary alicyclic amines) is 1. The molecule has 9 nitrogen and oxygen atoms in total. The van der Waals surface area contributed by atoms with Crippen molar-refractivity contribution < 1.29 is 23.9 Å². The van der Waals surface area contributed by atoms with E-state index < -0.39 is 0 Å². The second-order valence-corrected chi connectivity index (χ2v) is 9.58. The zero-order valence-corrected chi connectivity index (χ0v) is 21.9. The fourth-order valence-electron chi connectivity index (χ4n) is 5.01. The summed E-state index contributed by atoms with van der Waals surface area (Å²) in [5.74, 6) is 1.37. The van der Waals surface area contributed by atoms with Gasteiger partial charge in [-0.05, 0) is 69.3 Å². The number of ketones is 1. The van der Waals surface area contributed by atoms with E-state index in [0.717, 1.165) is 44.7 Å². The molecule has 0 spiro atoms. The number of hydrogen-bond acceptors (Lipinski definition) is 7. The highest BCUT2D eigenvalue weighted by molar-refractivity contribution is 5.94. The molecule has 2 saturated heterocycles. The maximum Gasteiger partial charge on any atom is 0.238 e. The topological polar surface area (TPSA) is 91.4 Å². The molecule has 2 aromatic rings. The van der Waals surface area contributed by atoms with Gasteiger partial charge in [-0.25, -0.2) is 0 Å². The first-order valence-electron chi connectivity index (χ1n) is 12.8. The summed E-state index contributed by atoms with van der Waals surface area (Å²) < 4.78 is 10.5. The normalized spacial score (nSPS) is 16.8. The van der Waals surface area contributed by atoms with Gasteiger partial charge in [0, 0.05) is 55.1 Å². The molecule has 0 aromatic heterocycles. The predicted molar refractivity (Wildman–Crippen MR) is 143 cm³/mol. The van der Waals surface area contributed by atoms with Crippen LogP contribution in [0.25, 0.3) is 0 Å². The summed E-state index contributed by atoms with van der Waals surface area (Å²) in [5, 5.41) is 2.91. The lowest BCUT2D eigenvalue weighted by Gasteiger charge is -2.39. The lowest BCUT2D eigenvalue weighted by molar-refractivity contribution is -0.137. The highest BCUT2D eigenvalue weighted by Crippen LogP contribution is 2.30. The van der Waals surface area contributed by atoms with Gasteiger partial charge in [0.2, 0.25) is 11.8 Å². The van der Waals surface area contributed by atoms with E-state index in [1.165, 1.54) is 0 Å². The molecule has 0 atom stereocenters. The predicted octanol–water partition coefficient (Wildman–Crippen LogP) is 2.91. The Hall–Kier alpha value is -3.59. The Bertz CT molecular complexity index is 1100. The molecule has 2 amide bonds. The van der Waals surface area contributed by atoms with Crippen molar-refractivity contribution in [2.24, 2.45) is 5.92 Å². The molecule has 9 heteroatoms. The van der Waals surface area contributed by atoms with Crippen molar-refractivity contribution in [3.63, 3.8) is 0 Å². The van der Waals surface area contributed by atoms with Crippen molar-refractivity contribution in [2.45, 2.75) is 19.8 Å². The highest BCUT2D eigenvalue weighted by Gasteiger charge is 2.31. The number of amides is 2. The second kappa shape index (κ2) is 12.1. The number of rotatable bonds is 8. The van der Waals surface area contributed by atoms with Crippen LogP contribution in [0.4, 0.5) is 11.4 Å². The molecular weight excluding hydrogens is 472 g/mol. The standard InChI is InChI=1S/C28H36N4O5/c1-20(33)21-4-7-24(8-5-21)31-14-16-32(17-15-31)28(35)22-10-12-30(13-11-22)19-27(34)29-23-6-9-25(36-2)26(18-23)37-3/h4-9,18,22H,10-17,19H2,1-3H3,(H,29,34). The number of Topliss-reactive ketones (excluding diaryl/α,β-unsaturated/α-hetero) is 1. The minimum absolute atomic E-state index is 0.00607. The van der Waals surface area contributed by atoms with E-state index in [-0.39, 0.29) is 30.1 Å². The van der Waals surface area contributed by atoms with Crippen LogP contribution in [0, 0.1) is 5.92 Å². The number of anilines is 2. The highest BCUT2D eigenvalue weighted by atomic mass is 16.5. The third-order valence-corrected chi connectivity index (χ3v) is 7.20. The number of carbonyl (C=O) groups is 3. The number of benzene rings is 2. The monoisotopic (exact) mass is 508 g/mol. The van der Waals surface area contributed by atoms with Crippen LogP contribution >= 0.6 is 0 Å². The van der Waals surface area contributed by atoms with Crippen molar-refractivity contribution in [1.82, 2.24) is 9.80 Å². The Balaban J connectivity index is 1.20. The number of nitrogens with one attached hydrogen (secondary N) is 1. The van der Waals surface area contributed by atoms with Gasteiger partial charge < -0.3 is 24.6 Å². The van der Waals surface area contributed by atoms with Gasteiger partial charge >= 0.3 is 0 Å². The molecule has 37 heavy (non-hydrogen) atoms. The SMILES string of the molecule is COc1ccc(NC(=O)CN2CCC(C(=O)N3CCN(c4ccc(C(C)=O)cc4)CC3)CC2)cc1OC. The van der Waals surface area contributed by atoms with Crippen molar-refractivity contribution in [3.8, 4) is 11.5 Å². The molecule has 0 saturated carbocycles. The van der Waals surface area contributed by atoms with Gasteiger partial charge in [-0.1, -0.05) is 0 Å². The molecule has 0 aliphatic carbocycles. The third kappa shape index (κ3) is 6.60. The molecule has 2 aromatic carbocycles. The Kier molecular flexibility index (Phi) is 8.66. The fourth-order valence-corrected chi connectivity index (χ4v) is 5.01. The molecular formula is C28H36N4O5. The summed E-state index contributed by atoms with van der Waals surface area (Å²) in [4.78, 5) is 43.6. The molecule has 0 unspecified atom stereocenters. The molecule has 0 bridgehead atoms. The van der Waals surface area contributed by atoms with Gasteiger partial charge in [0.1, 0.15) is 0 Å². The minimum Gasteiger partial charge on any atom is -0.493 e. The largest absolute Gasteiger partial charge is 0.493 e. The first-order chi connectivity index (χ1) is 17.9. The zero-order valence-electron chi connectivity index (χ0n) is 21.9. The summed E-state index contributed by atoms with van der Waals surface area (Å²) in [6, 6.07) is 13.0. The molecule has 2 aliphatic rings. The number of piperidine rings is 1. The summed E-state index contributed by atoms with van der Waals surface area (Å²) in [7, 11) is 3.13. The molecule has 2 heterocycles. The molecule has 4 rings (SSSR count). The lowest BCUT2D eigenvalue weighted by atomic mass is 9.95. The van der Waals surface area contributed by atoms with Gasteiger partial charge in [-0.15, -0.1) is 0 Å². The zero-order chi connectivity index (χ0) is 26.4. The maximum absolute atomic E-state index is 13.1. The molecule has 1 N–H and O–H groups in total. The Morgan fingerprint density at radius 1 is 0.865 bits per heavy atom. The van der Waals surface area contributed by atoms with E-state index >= 15 is 0 Å². The van der Waals surface area contributed by atoms with E-state index in [9.17, 15) is 14.4 Å². The van der Waals surface area contributed by atoms with Crippen molar-refractivity contribution in [2.75, 3.05) is 70.2 Å². The van der Waals surface area contributed by atoms with Crippen molar-refractivity contribution >= 4 is 29.0 Å². The average molecular weight is 509 g/mol. The number of piperazine rings is 1. The van der Waals surface area contributed by atoms with Crippen molar-refractivity contribution in [3.05, 3.63) is 48.0 Å². The number of hydrogen-bond donors (Lipinski definition) is 1. The van der Waals surface area contributed by atoms with Crippen LogP contribution in [0.3, 0.4) is 0 Å². The van der Waals surface area contributed by atoms with Crippen LogP contribution in [-0.2, 0) is 9.59 Å². The summed E-state index contributed by atoms with van der Waals surface area (Å²) in [6.07, 6.45) is 1.52. The average Bonchev–Trinajstić information content (AvgIpc) is 2.93. The lowest BCUT2D eigenvalue weighted by Crippen LogP contribution is -2.52. The minimum atomic E-state index is -0.0931. The van der Waals surface area contributed by atoms with Gasteiger partial charge in [-0.2, -0.15) is 0 Å². The molecule has 2 fully saturated rings. The van der Waals surface area contributed by atoms with E-state index in [1.54, 1.807) is 39.3 Å². The van der Waals surface area contributed by atoms with Gasteiger partial charge in [-0.3, -0.25) is 19.3 Å². The van der Waals surface area contributed by atoms with Crippen LogP contribution in [-0.4, -0.2) is 87.4 Å². The van der Waals surface area contributed by atoms with E-state index in [4.69, 9.17) is 9.47 Å². The fraction of sp³-hybridized carbons (Fsp3) is 0.464. The van der Waals surface area contributed by atoms with Crippen molar-refractivity contribution in [1.29, 1.82) is 0 Å². The summed E-state index contributed by atoms with van der Waals surface area (Å²) >= 11 is 0. The Morgan fingerprint density at radius 2 is 1.51 bits per heavy atom. The van der Waals surface area contributed by atoms with Crippen LogP contribution in [0.15, 0.2) is 42.5 Å². The first kappa shape index (κ1) is 26.5. The van der Waals surface area contributed by atoms with E-state index in [0.29, 0.717) is 35.8 Å². The maximum atomic E-state index is 13.1. The Labute approximate surface area is 218 Å². The van der Waals surface area contributed by atoms with Gasteiger partial charge in [0.05, 0.1) is 20.8 Å². The first-order valence-corrected chi connectivity index (χ1v) is 12.8. The number of nitrogens with zero attached hydrogens (tertiary/aromatic N) is 3. The molecule has 198 valence electrons.